The van der Waals surface area contributed by atoms with Gasteiger partial charge in [-0.3, -0.25) is 14.5 Å². The molecule has 0 aliphatic carbocycles. The molecule has 150 valence electrons. The van der Waals surface area contributed by atoms with Crippen LogP contribution in [0.5, 0.6) is 0 Å². The van der Waals surface area contributed by atoms with Gasteiger partial charge in [-0.25, -0.2) is 4.79 Å². The van der Waals surface area contributed by atoms with Crippen molar-refractivity contribution in [1.29, 1.82) is 0 Å². The van der Waals surface area contributed by atoms with Crippen molar-refractivity contribution >= 4 is 17.8 Å². The summed E-state index contributed by atoms with van der Waals surface area (Å²) in [7, 11) is 0. The Morgan fingerprint density at radius 2 is 1.69 bits per heavy atom. The van der Waals surface area contributed by atoms with Crippen molar-refractivity contribution < 1.29 is 19.1 Å². The number of urea groups is 1. The predicted molar refractivity (Wildman–Crippen MR) is 106 cm³/mol. The van der Waals surface area contributed by atoms with Crippen LogP contribution in [0, 0.1) is 0 Å². The van der Waals surface area contributed by atoms with Crippen LogP contribution in [0.1, 0.15) is 24.0 Å². The van der Waals surface area contributed by atoms with Gasteiger partial charge >= 0.3 is 6.03 Å². The average Bonchev–Trinajstić information content (AvgIpc) is 3.36. The smallest absolute Gasteiger partial charge is 0.326 e. The number of rotatable bonds is 6. The second kappa shape index (κ2) is 8.05. The van der Waals surface area contributed by atoms with E-state index < -0.39 is 17.5 Å². The molecule has 7 heteroatoms. The second-order valence-electron chi connectivity index (χ2n) is 7.24. The van der Waals surface area contributed by atoms with Crippen LogP contribution in [-0.2, 0) is 19.9 Å². The third-order valence-corrected chi connectivity index (χ3v) is 5.37. The van der Waals surface area contributed by atoms with Gasteiger partial charge < -0.3 is 15.4 Å². The fourth-order valence-corrected chi connectivity index (χ4v) is 3.89. The lowest BCUT2D eigenvalue weighted by molar-refractivity contribution is -0.134. The maximum atomic E-state index is 13.5. The molecule has 2 N–H and O–H groups in total. The largest absolute Gasteiger partial charge is 0.376 e. The summed E-state index contributed by atoms with van der Waals surface area (Å²) in [6.45, 7) is 0.744. The number of benzene rings is 2. The quantitative estimate of drug-likeness (QED) is 0.733. The third-order valence-electron chi connectivity index (χ3n) is 5.37. The van der Waals surface area contributed by atoms with Crippen molar-refractivity contribution in [2.24, 2.45) is 0 Å². The Morgan fingerprint density at radius 1 is 1.07 bits per heavy atom. The summed E-state index contributed by atoms with van der Waals surface area (Å²) in [5.41, 5.74) is -0.0623. The number of carbonyl (C=O) groups is 3. The zero-order valence-electron chi connectivity index (χ0n) is 16.0. The summed E-state index contributed by atoms with van der Waals surface area (Å²) in [5.74, 6) is -0.854. The van der Waals surface area contributed by atoms with Crippen LogP contribution in [0.15, 0.2) is 60.7 Å². The lowest BCUT2D eigenvalue weighted by Crippen LogP contribution is -2.46. The minimum Gasteiger partial charge on any atom is -0.376 e. The molecule has 2 fully saturated rings. The Morgan fingerprint density at radius 3 is 2.24 bits per heavy atom. The number of imide groups is 1. The highest BCUT2D eigenvalue weighted by Gasteiger charge is 2.54. The Kier molecular flexibility index (Phi) is 5.31. The number of nitrogens with one attached hydrogen (secondary N) is 2. The SMILES string of the molecule is O=C(CN1C(=O)NC(c2ccccc2)(c2ccccc2)C1=O)NC[C@@H]1CCCO1. The van der Waals surface area contributed by atoms with E-state index in [2.05, 4.69) is 10.6 Å². The first kappa shape index (κ1) is 19.1. The van der Waals surface area contributed by atoms with Crippen molar-refractivity contribution in [2.75, 3.05) is 19.7 Å². The molecule has 2 aromatic rings. The average molecular weight is 393 g/mol. The van der Waals surface area contributed by atoms with Crippen LogP contribution in [0.3, 0.4) is 0 Å². The third kappa shape index (κ3) is 3.61. The molecule has 2 saturated heterocycles. The molecule has 0 saturated carbocycles. The summed E-state index contributed by atoms with van der Waals surface area (Å²) in [6, 6.07) is 17.6. The van der Waals surface area contributed by atoms with Crippen LogP contribution in [-0.4, -0.2) is 48.5 Å². The standard InChI is InChI=1S/C22H23N3O4/c26-19(23-14-18-12-7-13-29-18)15-25-20(27)22(24-21(25)28,16-8-3-1-4-9-16)17-10-5-2-6-11-17/h1-6,8-11,18H,7,12-15H2,(H,23,26)(H,24,28)/t18-/m0/s1. The normalized spacial score (nSPS) is 20.6. The molecule has 2 aromatic carbocycles. The Balaban J connectivity index is 1.57. The van der Waals surface area contributed by atoms with E-state index in [0.29, 0.717) is 24.3 Å². The van der Waals surface area contributed by atoms with Crippen molar-refractivity contribution in [2.45, 2.75) is 24.5 Å². The molecule has 1 atom stereocenters. The molecule has 0 radical (unpaired) electrons. The van der Waals surface area contributed by atoms with Gasteiger partial charge in [-0.2, -0.15) is 0 Å². The molecule has 0 aromatic heterocycles. The number of nitrogens with zero attached hydrogens (tertiary/aromatic N) is 1. The van der Waals surface area contributed by atoms with Crippen LogP contribution in [0.4, 0.5) is 4.79 Å². The second-order valence-corrected chi connectivity index (χ2v) is 7.24. The van der Waals surface area contributed by atoms with Crippen LogP contribution in [0.2, 0.25) is 0 Å². The molecule has 0 bridgehead atoms. The lowest BCUT2D eigenvalue weighted by Gasteiger charge is -2.28. The highest BCUT2D eigenvalue weighted by atomic mass is 16.5. The number of hydrogen-bond donors (Lipinski definition) is 2. The summed E-state index contributed by atoms with van der Waals surface area (Å²) in [6.07, 6.45) is 1.87. The Hall–Kier alpha value is -3.19. The monoisotopic (exact) mass is 393 g/mol. The molecule has 4 rings (SSSR count). The topological polar surface area (TPSA) is 87.7 Å². The fourth-order valence-electron chi connectivity index (χ4n) is 3.89. The van der Waals surface area contributed by atoms with E-state index in [1.165, 1.54) is 0 Å². The van der Waals surface area contributed by atoms with Gasteiger partial charge in [0.05, 0.1) is 6.10 Å². The molecule has 4 amide bonds. The van der Waals surface area contributed by atoms with Gasteiger partial charge in [-0.05, 0) is 24.0 Å². The zero-order valence-corrected chi connectivity index (χ0v) is 16.0. The van der Waals surface area contributed by atoms with E-state index in [9.17, 15) is 14.4 Å². The number of amides is 4. The maximum Gasteiger partial charge on any atom is 0.326 e. The molecule has 0 spiro atoms. The molecular formula is C22H23N3O4. The molecule has 2 aliphatic rings. The minimum atomic E-state index is -1.35. The minimum absolute atomic E-state index is 0.00483. The fraction of sp³-hybridized carbons (Fsp3) is 0.318. The zero-order chi connectivity index (χ0) is 20.3. The predicted octanol–water partition coefficient (Wildman–Crippen LogP) is 1.78. The van der Waals surface area contributed by atoms with Crippen LogP contribution < -0.4 is 10.6 Å². The van der Waals surface area contributed by atoms with Gasteiger partial charge in [-0.15, -0.1) is 0 Å². The first-order valence-electron chi connectivity index (χ1n) is 9.75. The van der Waals surface area contributed by atoms with E-state index >= 15 is 0 Å². The lowest BCUT2D eigenvalue weighted by atomic mass is 9.82. The van der Waals surface area contributed by atoms with Gasteiger partial charge in [0, 0.05) is 13.2 Å². The van der Waals surface area contributed by atoms with Crippen molar-refractivity contribution in [3.8, 4) is 0 Å². The van der Waals surface area contributed by atoms with Crippen molar-refractivity contribution in [3.05, 3.63) is 71.8 Å². The van der Waals surface area contributed by atoms with Crippen LogP contribution in [0.25, 0.3) is 0 Å². The van der Waals surface area contributed by atoms with Gasteiger partial charge in [0.1, 0.15) is 6.54 Å². The van der Waals surface area contributed by atoms with Crippen molar-refractivity contribution in [3.63, 3.8) is 0 Å². The molecule has 29 heavy (non-hydrogen) atoms. The summed E-state index contributed by atoms with van der Waals surface area (Å²) in [5, 5.41) is 5.60. The number of hydrogen-bond acceptors (Lipinski definition) is 4. The first-order chi connectivity index (χ1) is 14.1. The van der Waals surface area contributed by atoms with Gasteiger partial charge in [0.15, 0.2) is 5.54 Å². The molecule has 2 heterocycles. The molecular weight excluding hydrogens is 370 g/mol. The van der Waals surface area contributed by atoms with E-state index in [1.807, 2.05) is 36.4 Å². The highest BCUT2D eigenvalue weighted by molar-refractivity contribution is 6.11. The first-order valence-corrected chi connectivity index (χ1v) is 9.75. The number of carbonyl (C=O) groups excluding carboxylic acids is 3. The summed E-state index contributed by atoms with van der Waals surface area (Å²) >= 11 is 0. The molecule has 0 unspecified atom stereocenters. The van der Waals surface area contributed by atoms with Crippen molar-refractivity contribution in [1.82, 2.24) is 15.5 Å². The Labute approximate surface area is 169 Å². The maximum absolute atomic E-state index is 13.5. The highest BCUT2D eigenvalue weighted by Crippen LogP contribution is 2.35. The van der Waals surface area contributed by atoms with E-state index in [-0.39, 0.29) is 18.6 Å². The summed E-state index contributed by atoms with van der Waals surface area (Å²) in [4.78, 5) is 39.6. The molecule has 2 aliphatic heterocycles. The summed E-state index contributed by atoms with van der Waals surface area (Å²) < 4.78 is 5.49. The number of ether oxygens (including phenoxy) is 1. The van der Waals surface area contributed by atoms with Crippen LogP contribution >= 0.6 is 0 Å². The van der Waals surface area contributed by atoms with Gasteiger partial charge in [0.25, 0.3) is 5.91 Å². The van der Waals surface area contributed by atoms with Gasteiger partial charge in [0.2, 0.25) is 5.91 Å². The Bertz CT molecular complexity index is 855. The van der Waals surface area contributed by atoms with E-state index in [0.717, 1.165) is 17.7 Å². The molecule has 7 nitrogen and oxygen atoms in total. The van der Waals surface area contributed by atoms with Gasteiger partial charge in [-0.1, -0.05) is 60.7 Å². The van der Waals surface area contributed by atoms with E-state index in [4.69, 9.17) is 4.74 Å². The van der Waals surface area contributed by atoms with E-state index in [1.54, 1.807) is 24.3 Å².